The van der Waals surface area contributed by atoms with E-state index in [1.807, 2.05) is 0 Å². The molecule has 1 heterocycles. The number of rotatable bonds is 5. The summed E-state index contributed by atoms with van der Waals surface area (Å²) in [5, 5.41) is 7.79. The molecule has 1 saturated carbocycles. The Morgan fingerprint density at radius 1 is 1.56 bits per heavy atom. The highest BCUT2D eigenvalue weighted by Crippen LogP contribution is 2.31. The first-order chi connectivity index (χ1) is 8.38. The maximum atomic E-state index is 11.8. The highest BCUT2D eigenvalue weighted by atomic mass is 32.2. The number of hydrogen-bond acceptors (Lipinski definition) is 3. The molecule has 0 atom stereocenters. The summed E-state index contributed by atoms with van der Waals surface area (Å²) in [5.74, 6) is 0.478. The lowest BCUT2D eigenvalue weighted by Gasteiger charge is -2.04. The van der Waals surface area contributed by atoms with Crippen molar-refractivity contribution < 1.29 is 13.2 Å². The second-order valence-corrected chi connectivity index (χ2v) is 6.27. The summed E-state index contributed by atoms with van der Waals surface area (Å²) >= 11 is 0. The van der Waals surface area contributed by atoms with Gasteiger partial charge in [-0.25, -0.2) is 13.6 Å². The number of primary sulfonamides is 1. The molecule has 0 unspecified atom stereocenters. The maximum absolute atomic E-state index is 11.8. The molecule has 1 amide bonds. The maximum Gasteiger partial charge on any atom is 0.267 e. The molecule has 7 heteroatoms. The number of nitrogens with two attached hydrogens (primary N) is 1. The van der Waals surface area contributed by atoms with E-state index >= 15 is 0 Å². The van der Waals surface area contributed by atoms with Gasteiger partial charge in [-0.05, 0) is 18.4 Å². The number of sulfonamides is 1. The fraction of sp³-hybridized carbons (Fsp3) is 0.545. The van der Waals surface area contributed by atoms with Gasteiger partial charge >= 0.3 is 0 Å². The highest BCUT2D eigenvalue weighted by molar-refractivity contribution is 7.89. The Morgan fingerprint density at radius 2 is 2.22 bits per heavy atom. The number of nitrogens with zero attached hydrogens (tertiary/aromatic N) is 1. The minimum absolute atomic E-state index is 0.0441. The van der Waals surface area contributed by atoms with Crippen molar-refractivity contribution in [1.82, 2.24) is 9.88 Å². The summed E-state index contributed by atoms with van der Waals surface area (Å²) in [5.41, 5.74) is 0.301. The van der Waals surface area contributed by atoms with Gasteiger partial charge in [0.2, 0.25) is 10.0 Å². The van der Waals surface area contributed by atoms with Crippen LogP contribution in [0.1, 0.15) is 29.8 Å². The Bertz CT molecular complexity index is 558. The fourth-order valence-electron chi connectivity index (χ4n) is 1.80. The van der Waals surface area contributed by atoms with Gasteiger partial charge in [0.25, 0.3) is 5.91 Å². The topological polar surface area (TPSA) is 94.2 Å². The molecule has 0 radical (unpaired) electrons. The van der Waals surface area contributed by atoms with Crippen LogP contribution in [0.4, 0.5) is 0 Å². The molecule has 1 aliphatic carbocycles. The molecule has 0 aliphatic heterocycles. The molecule has 1 fully saturated rings. The van der Waals surface area contributed by atoms with Gasteiger partial charge in [0, 0.05) is 19.8 Å². The van der Waals surface area contributed by atoms with Crippen LogP contribution in [0.2, 0.25) is 0 Å². The molecule has 2 rings (SSSR count). The quantitative estimate of drug-likeness (QED) is 0.801. The Balaban J connectivity index is 2.02. The molecule has 0 aromatic carbocycles. The molecule has 0 spiro atoms. The first kappa shape index (κ1) is 13.1. The van der Waals surface area contributed by atoms with Gasteiger partial charge in [-0.15, -0.1) is 0 Å². The van der Waals surface area contributed by atoms with E-state index in [-0.39, 0.29) is 10.8 Å². The van der Waals surface area contributed by atoms with Crippen molar-refractivity contribution in [2.75, 3.05) is 6.54 Å². The van der Waals surface area contributed by atoms with Crippen LogP contribution < -0.4 is 10.5 Å². The predicted octanol–water partition coefficient (Wildman–Crippen LogP) is 0.202. The number of amides is 1. The first-order valence-electron chi connectivity index (χ1n) is 5.85. The van der Waals surface area contributed by atoms with E-state index in [0.717, 1.165) is 12.3 Å². The van der Waals surface area contributed by atoms with E-state index in [0.29, 0.717) is 12.2 Å². The van der Waals surface area contributed by atoms with E-state index in [2.05, 4.69) is 5.32 Å². The molecule has 1 aromatic heterocycles. The van der Waals surface area contributed by atoms with Crippen molar-refractivity contribution in [3.8, 4) is 0 Å². The molecule has 100 valence electrons. The van der Waals surface area contributed by atoms with Crippen molar-refractivity contribution in [1.29, 1.82) is 0 Å². The first-order valence-corrected chi connectivity index (χ1v) is 7.40. The SMILES string of the molecule is Cn1cc(S(N)(=O)=O)cc1C(=O)NCCC1CC1. The number of aromatic nitrogens is 1. The van der Waals surface area contributed by atoms with Crippen LogP contribution in [0.25, 0.3) is 0 Å². The van der Waals surface area contributed by atoms with Crippen molar-refractivity contribution in [2.45, 2.75) is 24.2 Å². The summed E-state index contributed by atoms with van der Waals surface area (Å²) < 4.78 is 23.8. The van der Waals surface area contributed by atoms with Gasteiger partial charge in [0.15, 0.2) is 0 Å². The lowest BCUT2D eigenvalue weighted by Crippen LogP contribution is -2.26. The third-order valence-corrected chi connectivity index (χ3v) is 3.96. The van der Waals surface area contributed by atoms with Crippen LogP contribution in [0.15, 0.2) is 17.2 Å². The number of aryl methyl sites for hydroxylation is 1. The van der Waals surface area contributed by atoms with Crippen molar-refractivity contribution in [3.05, 3.63) is 18.0 Å². The Labute approximate surface area is 106 Å². The lowest BCUT2D eigenvalue weighted by molar-refractivity contribution is 0.0944. The van der Waals surface area contributed by atoms with Crippen LogP contribution in [0.3, 0.4) is 0 Å². The van der Waals surface area contributed by atoms with Gasteiger partial charge in [-0.3, -0.25) is 4.79 Å². The van der Waals surface area contributed by atoms with E-state index in [4.69, 9.17) is 5.14 Å². The molecule has 18 heavy (non-hydrogen) atoms. The zero-order valence-electron chi connectivity index (χ0n) is 10.2. The van der Waals surface area contributed by atoms with Crippen LogP contribution in [-0.4, -0.2) is 25.4 Å². The van der Waals surface area contributed by atoms with Crippen LogP contribution in [0, 0.1) is 5.92 Å². The average molecular weight is 271 g/mol. The number of carbonyl (C=O) groups excluding carboxylic acids is 1. The standard InChI is InChI=1S/C11H17N3O3S/c1-14-7-9(18(12,16)17)6-10(14)11(15)13-5-4-8-2-3-8/h6-8H,2-5H2,1H3,(H,13,15)(H2,12,16,17). The zero-order valence-corrected chi connectivity index (χ0v) is 11.0. The Morgan fingerprint density at radius 3 is 2.72 bits per heavy atom. The molecular formula is C11H17N3O3S. The molecule has 6 nitrogen and oxygen atoms in total. The molecule has 0 bridgehead atoms. The Hall–Kier alpha value is -1.34. The second kappa shape index (κ2) is 4.74. The third-order valence-electron chi connectivity index (χ3n) is 3.08. The number of nitrogens with one attached hydrogen (secondary N) is 1. The summed E-state index contributed by atoms with van der Waals surface area (Å²) in [6.07, 6.45) is 4.81. The van der Waals surface area contributed by atoms with Gasteiger partial charge in [0.05, 0.1) is 0 Å². The summed E-state index contributed by atoms with van der Waals surface area (Å²) in [6, 6.07) is 1.29. The normalized spacial score (nSPS) is 15.7. The van der Waals surface area contributed by atoms with Gasteiger partial charge in [-0.2, -0.15) is 0 Å². The smallest absolute Gasteiger partial charge is 0.267 e. The van der Waals surface area contributed by atoms with E-state index < -0.39 is 10.0 Å². The summed E-state index contributed by atoms with van der Waals surface area (Å²) in [7, 11) is -2.15. The molecule has 1 aliphatic rings. The molecule has 0 saturated heterocycles. The minimum atomic E-state index is -3.76. The van der Waals surface area contributed by atoms with E-state index in [1.165, 1.54) is 29.7 Å². The number of hydrogen-bond donors (Lipinski definition) is 2. The largest absolute Gasteiger partial charge is 0.351 e. The fourth-order valence-corrected chi connectivity index (χ4v) is 2.38. The van der Waals surface area contributed by atoms with Crippen molar-refractivity contribution >= 4 is 15.9 Å². The van der Waals surface area contributed by atoms with Crippen molar-refractivity contribution in [3.63, 3.8) is 0 Å². The predicted molar refractivity (Wildman–Crippen MR) is 66.5 cm³/mol. The van der Waals surface area contributed by atoms with Gasteiger partial charge in [-0.1, -0.05) is 12.8 Å². The van der Waals surface area contributed by atoms with Crippen LogP contribution >= 0.6 is 0 Å². The molecule has 3 N–H and O–H groups in total. The van der Waals surface area contributed by atoms with Gasteiger partial charge in [0.1, 0.15) is 10.6 Å². The average Bonchev–Trinajstić information content (AvgIpc) is 2.98. The van der Waals surface area contributed by atoms with Crippen molar-refractivity contribution in [2.24, 2.45) is 18.1 Å². The monoisotopic (exact) mass is 271 g/mol. The number of carbonyl (C=O) groups is 1. The van der Waals surface area contributed by atoms with Crippen LogP contribution in [0.5, 0.6) is 0 Å². The summed E-state index contributed by atoms with van der Waals surface area (Å²) in [6.45, 7) is 0.624. The molecular weight excluding hydrogens is 254 g/mol. The van der Waals surface area contributed by atoms with Crippen LogP contribution in [-0.2, 0) is 17.1 Å². The van der Waals surface area contributed by atoms with Gasteiger partial charge < -0.3 is 9.88 Å². The second-order valence-electron chi connectivity index (χ2n) is 4.70. The minimum Gasteiger partial charge on any atom is -0.351 e. The third kappa shape index (κ3) is 3.11. The highest BCUT2D eigenvalue weighted by Gasteiger charge is 2.21. The zero-order chi connectivity index (χ0) is 13.3. The Kier molecular flexibility index (Phi) is 3.45. The molecule has 1 aromatic rings. The van der Waals surface area contributed by atoms with E-state index in [1.54, 1.807) is 7.05 Å². The van der Waals surface area contributed by atoms with E-state index in [9.17, 15) is 13.2 Å². The summed E-state index contributed by atoms with van der Waals surface area (Å²) in [4.78, 5) is 11.8. The lowest BCUT2D eigenvalue weighted by atomic mass is 10.3.